The van der Waals surface area contributed by atoms with Gasteiger partial charge in [-0.05, 0) is 53.1 Å². The van der Waals surface area contributed by atoms with Crippen molar-refractivity contribution in [3.8, 4) is 5.75 Å². The number of carbonyl (C=O) groups is 1. The molecular formula is C23H21BrN2O2S. The Labute approximate surface area is 183 Å². The summed E-state index contributed by atoms with van der Waals surface area (Å²) in [5, 5.41) is 4.02. The maximum Gasteiger partial charge on any atom is 0.250 e. The van der Waals surface area contributed by atoms with Crippen LogP contribution in [0.3, 0.4) is 0 Å². The number of halogens is 1. The summed E-state index contributed by atoms with van der Waals surface area (Å²) >= 11 is 5.00. The average Bonchev–Trinajstić information content (AvgIpc) is 2.74. The second kappa shape index (κ2) is 11.4. The van der Waals surface area contributed by atoms with Gasteiger partial charge in [0.15, 0.2) is 0 Å². The highest BCUT2D eigenvalue weighted by Crippen LogP contribution is 2.17. The number of benzene rings is 3. The van der Waals surface area contributed by atoms with Gasteiger partial charge in [-0.2, -0.15) is 5.10 Å². The Morgan fingerprint density at radius 1 is 1.00 bits per heavy atom. The van der Waals surface area contributed by atoms with Crippen LogP contribution in [0.4, 0.5) is 0 Å². The lowest BCUT2D eigenvalue weighted by atomic mass is 10.2. The molecule has 148 valence electrons. The number of thioether (sulfide) groups is 1. The molecule has 0 atom stereocenters. The highest BCUT2D eigenvalue weighted by molar-refractivity contribution is 9.10. The molecule has 0 fully saturated rings. The normalized spacial score (nSPS) is 10.8. The summed E-state index contributed by atoms with van der Waals surface area (Å²) < 4.78 is 6.80. The van der Waals surface area contributed by atoms with Gasteiger partial charge in [-0.1, -0.05) is 58.4 Å². The molecule has 0 heterocycles. The number of ether oxygens (including phenoxy) is 1. The SMILES string of the molecule is O=C(CSCc1cccc(Br)c1)N/N=C/c1ccc(OCc2ccccc2)cc1. The van der Waals surface area contributed by atoms with Crippen LogP contribution in [0.2, 0.25) is 0 Å². The zero-order chi connectivity index (χ0) is 20.3. The van der Waals surface area contributed by atoms with E-state index in [9.17, 15) is 4.79 Å². The van der Waals surface area contributed by atoms with Crippen LogP contribution in [0.5, 0.6) is 5.75 Å². The van der Waals surface area contributed by atoms with Gasteiger partial charge in [0.1, 0.15) is 12.4 Å². The number of amides is 1. The van der Waals surface area contributed by atoms with Gasteiger partial charge < -0.3 is 4.74 Å². The fourth-order valence-corrected chi connectivity index (χ4v) is 3.70. The van der Waals surface area contributed by atoms with Crippen LogP contribution in [-0.2, 0) is 17.2 Å². The van der Waals surface area contributed by atoms with Crippen LogP contribution in [-0.4, -0.2) is 17.9 Å². The number of nitrogens with one attached hydrogen (secondary N) is 1. The van der Waals surface area contributed by atoms with Gasteiger partial charge in [0.25, 0.3) is 0 Å². The van der Waals surface area contributed by atoms with Crippen LogP contribution >= 0.6 is 27.7 Å². The number of hydrogen-bond donors (Lipinski definition) is 1. The number of hydrazone groups is 1. The molecule has 3 aromatic rings. The molecule has 0 radical (unpaired) electrons. The predicted octanol–water partition coefficient (Wildman–Crippen LogP) is 5.41. The first-order chi connectivity index (χ1) is 14.2. The van der Waals surface area contributed by atoms with E-state index in [1.807, 2.05) is 72.8 Å². The summed E-state index contributed by atoms with van der Waals surface area (Å²) in [6, 6.07) is 25.7. The van der Waals surface area contributed by atoms with Gasteiger partial charge in [0, 0.05) is 10.2 Å². The van der Waals surface area contributed by atoms with E-state index >= 15 is 0 Å². The number of nitrogens with zero attached hydrogens (tertiary/aromatic N) is 1. The predicted molar refractivity (Wildman–Crippen MR) is 123 cm³/mol. The van der Waals surface area contributed by atoms with E-state index in [1.54, 1.807) is 18.0 Å². The van der Waals surface area contributed by atoms with Crippen LogP contribution in [0.15, 0.2) is 88.4 Å². The van der Waals surface area contributed by atoms with Crippen molar-refractivity contribution in [3.05, 3.63) is 100 Å². The lowest BCUT2D eigenvalue weighted by molar-refractivity contribution is -0.118. The molecule has 1 amide bonds. The fraction of sp³-hybridized carbons (Fsp3) is 0.130. The average molecular weight is 469 g/mol. The van der Waals surface area contributed by atoms with Crippen molar-refractivity contribution >= 4 is 39.8 Å². The first kappa shape index (κ1) is 21.1. The molecule has 0 aliphatic heterocycles. The van der Waals surface area contributed by atoms with E-state index in [1.165, 1.54) is 5.56 Å². The van der Waals surface area contributed by atoms with Crippen molar-refractivity contribution in [3.63, 3.8) is 0 Å². The van der Waals surface area contributed by atoms with Crippen molar-refractivity contribution in [2.75, 3.05) is 5.75 Å². The van der Waals surface area contributed by atoms with Gasteiger partial charge in [0.05, 0.1) is 12.0 Å². The minimum absolute atomic E-state index is 0.121. The molecule has 0 aliphatic rings. The fourth-order valence-electron chi connectivity index (χ4n) is 2.49. The monoisotopic (exact) mass is 468 g/mol. The van der Waals surface area contributed by atoms with E-state index in [2.05, 4.69) is 32.5 Å². The summed E-state index contributed by atoms with van der Waals surface area (Å²) in [6.45, 7) is 0.530. The van der Waals surface area contributed by atoms with Crippen molar-refractivity contribution in [1.29, 1.82) is 0 Å². The molecule has 0 saturated carbocycles. The number of carbonyl (C=O) groups excluding carboxylic acids is 1. The van der Waals surface area contributed by atoms with Gasteiger partial charge >= 0.3 is 0 Å². The zero-order valence-corrected chi connectivity index (χ0v) is 18.2. The summed E-state index contributed by atoms with van der Waals surface area (Å²) in [4.78, 5) is 11.9. The van der Waals surface area contributed by atoms with Crippen LogP contribution < -0.4 is 10.2 Å². The maximum atomic E-state index is 11.9. The van der Waals surface area contributed by atoms with Crippen LogP contribution in [0.1, 0.15) is 16.7 Å². The lowest BCUT2D eigenvalue weighted by Crippen LogP contribution is -2.19. The summed E-state index contributed by atoms with van der Waals surface area (Å²) in [5.74, 6) is 1.81. The summed E-state index contributed by atoms with van der Waals surface area (Å²) in [7, 11) is 0. The minimum Gasteiger partial charge on any atom is -0.489 e. The van der Waals surface area contributed by atoms with Gasteiger partial charge in [0.2, 0.25) is 5.91 Å². The second-order valence-corrected chi connectivity index (χ2v) is 8.16. The number of hydrogen-bond acceptors (Lipinski definition) is 4. The van der Waals surface area contributed by atoms with E-state index in [0.717, 1.165) is 27.1 Å². The molecule has 0 bridgehead atoms. The molecule has 1 N–H and O–H groups in total. The van der Waals surface area contributed by atoms with E-state index in [0.29, 0.717) is 12.4 Å². The largest absolute Gasteiger partial charge is 0.489 e. The smallest absolute Gasteiger partial charge is 0.250 e. The van der Waals surface area contributed by atoms with E-state index in [4.69, 9.17) is 4.74 Å². The van der Waals surface area contributed by atoms with Crippen molar-refractivity contribution < 1.29 is 9.53 Å². The third-order valence-electron chi connectivity index (χ3n) is 3.92. The lowest BCUT2D eigenvalue weighted by Gasteiger charge is -2.06. The van der Waals surface area contributed by atoms with Gasteiger partial charge in [-0.25, -0.2) is 5.43 Å². The van der Waals surface area contributed by atoms with E-state index < -0.39 is 0 Å². The first-order valence-corrected chi connectivity index (χ1v) is 11.0. The Balaban J connectivity index is 1.37. The Kier molecular flexibility index (Phi) is 8.34. The Morgan fingerprint density at radius 2 is 1.76 bits per heavy atom. The van der Waals surface area contributed by atoms with Crippen LogP contribution in [0, 0.1) is 0 Å². The molecular weight excluding hydrogens is 448 g/mol. The molecule has 3 aromatic carbocycles. The molecule has 0 unspecified atom stereocenters. The molecule has 3 rings (SSSR count). The number of rotatable bonds is 9. The molecule has 4 nitrogen and oxygen atoms in total. The highest BCUT2D eigenvalue weighted by Gasteiger charge is 2.01. The molecule has 0 spiro atoms. The summed E-state index contributed by atoms with van der Waals surface area (Å²) in [6.07, 6.45) is 1.62. The Hall–Kier alpha value is -2.57. The quantitative estimate of drug-likeness (QED) is 0.337. The standard InChI is InChI=1S/C23H21BrN2O2S/c24-21-8-4-7-20(13-21)16-29-17-23(27)26-25-14-18-9-11-22(12-10-18)28-15-19-5-2-1-3-6-19/h1-14H,15-17H2,(H,26,27)/b25-14+. The first-order valence-electron chi connectivity index (χ1n) is 9.10. The topological polar surface area (TPSA) is 50.7 Å². The van der Waals surface area contributed by atoms with Crippen molar-refractivity contribution in [1.82, 2.24) is 5.43 Å². The molecule has 0 aliphatic carbocycles. The van der Waals surface area contributed by atoms with Crippen molar-refractivity contribution in [2.24, 2.45) is 5.10 Å². The summed E-state index contributed by atoms with van der Waals surface area (Å²) in [5.41, 5.74) is 5.75. The third-order valence-corrected chi connectivity index (χ3v) is 5.42. The highest BCUT2D eigenvalue weighted by atomic mass is 79.9. The molecule has 29 heavy (non-hydrogen) atoms. The Bertz CT molecular complexity index is 947. The van der Waals surface area contributed by atoms with Gasteiger partial charge in [-0.15, -0.1) is 11.8 Å². The molecule has 0 aromatic heterocycles. The maximum absolute atomic E-state index is 11.9. The second-order valence-electron chi connectivity index (χ2n) is 6.26. The van der Waals surface area contributed by atoms with Crippen molar-refractivity contribution in [2.45, 2.75) is 12.4 Å². The zero-order valence-electron chi connectivity index (χ0n) is 15.8. The Morgan fingerprint density at radius 3 is 2.52 bits per heavy atom. The minimum atomic E-state index is -0.121. The van der Waals surface area contributed by atoms with Gasteiger partial charge in [-0.3, -0.25) is 4.79 Å². The van der Waals surface area contributed by atoms with E-state index in [-0.39, 0.29) is 5.91 Å². The van der Waals surface area contributed by atoms with Crippen LogP contribution in [0.25, 0.3) is 0 Å². The third kappa shape index (κ3) is 7.75. The molecule has 6 heteroatoms. The molecule has 0 saturated heterocycles.